The number of furan rings is 1. The molecular weight excluding hydrogens is 356 g/mol. The standard InChI is InChI=1S/C14H18N2O4S3/c1-16(23(18,19)14-5-3-8-22-14)10-13(17)15-6-9-21-11-12-4-2-7-20-12/h2-5,7-8H,6,9-11H2,1H3,(H,15,17). The van der Waals surface area contributed by atoms with Crippen LogP contribution in [0.2, 0.25) is 0 Å². The van der Waals surface area contributed by atoms with E-state index in [1.807, 2.05) is 12.1 Å². The molecular formula is C14H18N2O4S3. The molecule has 0 saturated carbocycles. The van der Waals surface area contributed by atoms with E-state index in [0.29, 0.717) is 6.54 Å². The van der Waals surface area contributed by atoms with Crippen LogP contribution in [0.4, 0.5) is 0 Å². The van der Waals surface area contributed by atoms with Gasteiger partial charge >= 0.3 is 0 Å². The number of likely N-dealkylation sites (N-methyl/N-ethyl adjacent to an activating group) is 1. The summed E-state index contributed by atoms with van der Waals surface area (Å²) >= 11 is 2.77. The van der Waals surface area contributed by atoms with Crippen molar-refractivity contribution in [2.75, 3.05) is 25.9 Å². The highest BCUT2D eigenvalue weighted by Crippen LogP contribution is 2.19. The molecule has 0 radical (unpaired) electrons. The summed E-state index contributed by atoms with van der Waals surface area (Å²) in [5.74, 6) is 2.05. The van der Waals surface area contributed by atoms with Gasteiger partial charge < -0.3 is 9.73 Å². The van der Waals surface area contributed by atoms with Crippen molar-refractivity contribution in [1.82, 2.24) is 9.62 Å². The van der Waals surface area contributed by atoms with E-state index in [4.69, 9.17) is 4.42 Å². The molecule has 2 aromatic heterocycles. The van der Waals surface area contributed by atoms with Gasteiger partial charge in [-0.2, -0.15) is 16.1 Å². The SMILES string of the molecule is CN(CC(=O)NCCSCc1ccco1)S(=O)(=O)c1cccs1. The largest absolute Gasteiger partial charge is 0.468 e. The molecule has 0 aliphatic rings. The maximum atomic E-state index is 12.2. The van der Waals surface area contributed by atoms with Gasteiger partial charge in [0, 0.05) is 19.3 Å². The number of thiophene rings is 1. The molecule has 1 amide bonds. The van der Waals surface area contributed by atoms with Gasteiger partial charge in [-0.15, -0.1) is 11.3 Å². The van der Waals surface area contributed by atoms with Crippen LogP contribution in [0, 0.1) is 0 Å². The molecule has 0 fully saturated rings. The molecule has 0 atom stereocenters. The second kappa shape index (κ2) is 8.53. The average molecular weight is 375 g/mol. The third-order valence-corrected chi connectivity index (χ3v) is 7.08. The summed E-state index contributed by atoms with van der Waals surface area (Å²) in [6.45, 7) is 0.292. The number of nitrogens with zero attached hydrogens (tertiary/aromatic N) is 1. The van der Waals surface area contributed by atoms with Gasteiger partial charge in [-0.25, -0.2) is 8.42 Å². The number of amides is 1. The molecule has 0 unspecified atom stereocenters. The Morgan fingerprint density at radius 1 is 1.39 bits per heavy atom. The minimum atomic E-state index is -3.58. The van der Waals surface area contributed by atoms with Crippen molar-refractivity contribution in [3.63, 3.8) is 0 Å². The monoisotopic (exact) mass is 374 g/mol. The number of carbonyl (C=O) groups is 1. The molecule has 0 bridgehead atoms. The summed E-state index contributed by atoms with van der Waals surface area (Å²) < 4.78 is 30.9. The third-order valence-electron chi connectivity index (χ3n) is 2.92. The summed E-state index contributed by atoms with van der Waals surface area (Å²) in [6.07, 6.45) is 1.63. The summed E-state index contributed by atoms with van der Waals surface area (Å²) in [5.41, 5.74) is 0. The Morgan fingerprint density at radius 3 is 2.87 bits per heavy atom. The number of sulfonamides is 1. The zero-order valence-corrected chi connectivity index (χ0v) is 15.0. The number of nitrogens with one attached hydrogen (secondary N) is 1. The maximum absolute atomic E-state index is 12.2. The molecule has 0 aromatic carbocycles. The van der Waals surface area contributed by atoms with Crippen molar-refractivity contribution in [1.29, 1.82) is 0 Å². The lowest BCUT2D eigenvalue weighted by atomic mass is 10.5. The van der Waals surface area contributed by atoms with E-state index in [1.165, 1.54) is 13.1 Å². The molecule has 0 aliphatic heterocycles. The summed E-state index contributed by atoms with van der Waals surface area (Å²) in [7, 11) is -2.18. The lowest BCUT2D eigenvalue weighted by molar-refractivity contribution is -0.121. The predicted molar refractivity (Wildman–Crippen MR) is 92.0 cm³/mol. The Labute approximate surface area is 143 Å². The maximum Gasteiger partial charge on any atom is 0.252 e. The van der Waals surface area contributed by atoms with E-state index in [-0.39, 0.29) is 16.7 Å². The van der Waals surface area contributed by atoms with Gasteiger partial charge in [-0.3, -0.25) is 4.79 Å². The summed E-state index contributed by atoms with van der Waals surface area (Å²) in [5, 5.41) is 4.41. The molecule has 23 heavy (non-hydrogen) atoms. The van der Waals surface area contributed by atoms with Crippen LogP contribution in [0.5, 0.6) is 0 Å². The number of carbonyl (C=O) groups excluding carboxylic acids is 1. The fourth-order valence-electron chi connectivity index (χ4n) is 1.74. The van der Waals surface area contributed by atoms with Gasteiger partial charge in [-0.1, -0.05) is 6.07 Å². The number of rotatable bonds is 9. The highest BCUT2D eigenvalue weighted by atomic mass is 32.2. The molecule has 126 valence electrons. The number of thioether (sulfide) groups is 1. The molecule has 1 N–H and O–H groups in total. The normalized spacial score (nSPS) is 11.7. The Kier molecular flexibility index (Phi) is 6.70. The van der Waals surface area contributed by atoms with Crippen LogP contribution >= 0.6 is 23.1 Å². The molecule has 9 heteroatoms. The Bertz CT molecular complexity index is 696. The average Bonchev–Trinajstić information content (AvgIpc) is 3.20. The van der Waals surface area contributed by atoms with Crippen molar-refractivity contribution in [3.05, 3.63) is 41.7 Å². The number of hydrogen-bond acceptors (Lipinski definition) is 6. The van der Waals surface area contributed by atoms with E-state index in [9.17, 15) is 13.2 Å². The molecule has 2 aromatic rings. The van der Waals surface area contributed by atoms with Gasteiger partial charge in [-0.05, 0) is 23.6 Å². The van der Waals surface area contributed by atoms with Crippen molar-refractivity contribution < 1.29 is 17.6 Å². The van der Waals surface area contributed by atoms with Gasteiger partial charge in [0.25, 0.3) is 10.0 Å². The van der Waals surface area contributed by atoms with Crippen LogP contribution in [0.15, 0.2) is 44.5 Å². The zero-order valence-electron chi connectivity index (χ0n) is 12.6. The van der Waals surface area contributed by atoms with Crippen molar-refractivity contribution in [3.8, 4) is 0 Å². The van der Waals surface area contributed by atoms with Gasteiger partial charge in [0.15, 0.2) is 0 Å². The summed E-state index contributed by atoms with van der Waals surface area (Å²) in [6, 6.07) is 6.93. The topological polar surface area (TPSA) is 79.6 Å². The van der Waals surface area contributed by atoms with Crippen LogP contribution in [0.1, 0.15) is 5.76 Å². The highest BCUT2D eigenvalue weighted by molar-refractivity contribution is 7.98. The third kappa shape index (κ3) is 5.38. The second-order valence-corrected chi connectivity index (χ2v) is 9.00. The van der Waals surface area contributed by atoms with E-state index in [0.717, 1.165) is 32.9 Å². The van der Waals surface area contributed by atoms with Crippen molar-refractivity contribution in [2.45, 2.75) is 9.96 Å². The quantitative estimate of drug-likeness (QED) is 0.679. The van der Waals surface area contributed by atoms with Crippen LogP contribution in [-0.4, -0.2) is 44.5 Å². The first-order valence-electron chi connectivity index (χ1n) is 6.87. The van der Waals surface area contributed by atoms with Crippen LogP contribution in [0.25, 0.3) is 0 Å². The first-order chi connectivity index (χ1) is 11.0. The molecule has 6 nitrogen and oxygen atoms in total. The van der Waals surface area contributed by atoms with Crippen molar-refractivity contribution >= 4 is 39.0 Å². The molecule has 2 rings (SSSR count). The molecule has 2 heterocycles. The van der Waals surface area contributed by atoms with Gasteiger partial charge in [0.05, 0.1) is 18.6 Å². The van der Waals surface area contributed by atoms with Crippen molar-refractivity contribution in [2.24, 2.45) is 0 Å². The van der Waals surface area contributed by atoms with E-state index >= 15 is 0 Å². The first kappa shape index (κ1) is 18.1. The fraction of sp³-hybridized carbons (Fsp3) is 0.357. The smallest absolute Gasteiger partial charge is 0.252 e. The zero-order chi connectivity index (χ0) is 16.7. The lowest BCUT2D eigenvalue weighted by Crippen LogP contribution is -2.38. The van der Waals surface area contributed by atoms with Crippen LogP contribution in [0.3, 0.4) is 0 Å². The molecule has 0 spiro atoms. The Hall–Kier alpha value is -1.29. The fourth-order valence-corrected chi connectivity index (χ4v) is 4.82. The van der Waals surface area contributed by atoms with Gasteiger partial charge in [0.2, 0.25) is 5.91 Å². The Balaban J connectivity index is 1.68. The lowest BCUT2D eigenvalue weighted by Gasteiger charge is -2.15. The predicted octanol–water partition coefficient (Wildman–Crippen LogP) is 2.01. The van der Waals surface area contributed by atoms with Crippen LogP contribution < -0.4 is 5.32 Å². The highest BCUT2D eigenvalue weighted by Gasteiger charge is 2.23. The molecule has 0 saturated heterocycles. The summed E-state index contributed by atoms with van der Waals surface area (Å²) in [4.78, 5) is 11.8. The van der Waals surface area contributed by atoms with E-state index in [1.54, 1.807) is 29.5 Å². The van der Waals surface area contributed by atoms with Gasteiger partial charge in [0.1, 0.15) is 9.97 Å². The molecule has 0 aliphatic carbocycles. The Morgan fingerprint density at radius 2 is 2.22 bits per heavy atom. The van der Waals surface area contributed by atoms with E-state index < -0.39 is 10.0 Å². The van der Waals surface area contributed by atoms with Crippen LogP contribution in [-0.2, 0) is 20.6 Å². The first-order valence-corrected chi connectivity index (χ1v) is 10.3. The minimum absolute atomic E-state index is 0.191. The van der Waals surface area contributed by atoms with E-state index in [2.05, 4.69) is 5.32 Å². The second-order valence-electron chi connectivity index (χ2n) is 4.68. The minimum Gasteiger partial charge on any atom is -0.468 e. The number of hydrogen-bond donors (Lipinski definition) is 1.